The molecule has 0 aliphatic heterocycles. The summed E-state index contributed by atoms with van der Waals surface area (Å²) in [5.74, 6) is 0.619. The van der Waals surface area contributed by atoms with Crippen molar-refractivity contribution in [1.82, 2.24) is 33.2 Å². The Morgan fingerprint density at radius 3 is 0.888 bits per heavy atom. The van der Waals surface area contributed by atoms with Gasteiger partial charge in [-0.05, 0) is 140 Å². The van der Waals surface area contributed by atoms with Crippen molar-refractivity contribution in [2.24, 2.45) is 0 Å². The maximum absolute atomic E-state index is 6.09. The molecule has 0 spiro atoms. The Morgan fingerprint density at radius 1 is 0.235 bits per heavy atom. The van der Waals surface area contributed by atoms with Crippen LogP contribution in [0.2, 0.25) is 0 Å². The van der Waals surface area contributed by atoms with Crippen LogP contribution < -0.4 is 0 Å². The second kappa shape index (κ2) is 22.2. The predicted octanol–water partition coefficient (Wildman–Crippen LogP) is 24.1. The van der Waals surface area contributed by atoms with Crippen LogP contribution in [0.4, 0.5) is 0 Å². The van der Waals surface area contributed by atoms with Crippen LogP contribution in [-0.4, -0.2) is 33.2 Å². The summed E-state index contributed by atoms with van der Waals surface area (Å²) in [6.45, 7) is 27.9. The molecular weight excluding hydrogens is 1190 g/mol. The van der Waals surface area contributed by atoms with Crippen molar-refractivity contribution in [3.05, 3.63) is 283 Å². The zero-order valence-corrected chi connectivity index (χ0v) is 58.0. The number of nitrogens with zero attached hydrogens (tertiary/aromatic N) is 7. The summed E-state index contributed by atoms with van der Waals surface area (Å²) in [5, 5.41) is 9.33. The van der Waals surface area contributed by atoms with Gasteiger partial charge in [0, 0.05) is 77.7 Å². The minimum absolute atomic E-state index is 0.138. The maximum Gasteiger partial charge on any atom is 0.160 e. The minimum atomic E-state index is -0.146. The molecular formula is C91H79N7. The normalized spacial score (nSPS) is 12.7. The van der Waals surface area contributed by atoms with Crippen LogP contribution in [-0.2, 0) is 21.7 Å². The van der Waals surface area contributed by atoms with Crippen LogP contribution in [0.3, 0.4) is 0 Å². The largest absolute Gasteiger partial charge is 0.306 e. The van der Waals surface area contributed by atoms with Crippen LogP contribution >= 0.6 is 0 Å². The van der Waals surface area contributed by atoms with Crippen LogP contribution in [0.5, 0.6) is 0 Å². The van der Waals surface area contributed by atoms with Crippen molar-refractivity contribution < 1.29 is 0 Å². The third-order valence-corrected chi connectivity index (χ3v) is 20.5. The number of hydrogen-bond donors (Lipinski definition) is 0. The number of rotatable bonds is 8. The number of hydrogen-bond acceptors (Lipinski definition) is 3. The van der Waals surface area contributed by atoms with Crippen molar-refractivity contribution in [2.45, 2.75) is 105 Å². The quantitative estimate of drug-likeness (QED) is 0.152. The molecule has 0 bridgehead atoms. The molecule has 17 rings (SSSR count). The standard InChI is InChI=1S/C91H79N7/c1-88(2,3)59-39-43-77-67(51-59)63-31-19-23-35-73(63)95(77)83-81(57-47-49-92-50-48-57)82(72-55-71(56-27-15-13-16-28-56)93-87(94-72)58-29-17-14-18-30-58)84(96-74-36-24-20-32-64(74)68-52-60(89(4,5)6)40-44-78(68)96)86(98-76-38-26-22-34-66(76)70-54-62(91(10,11)12)42-46-80(70)98)85(83)97-75-37-25-21-33-65(75)69-53-61(90(7,8)9)41-45-79(69)97/h13-55H,1-12H3. The Bertz CT molecular complexity index is 6010. The van der Waals surface area contributed by atoms with E-state index in [1.54, 1.807) is 0 Å². The van der Waals surface area contributed by atoms with Crippen molar-refractivity contribution >= 4 is 87.2 Å². The first kappa shape index (κ1) is 60.5. The van der Waals surface area contributed by atoms with Gasteiger partial charge < -0.3 is 18.3 Å². The molecule has 98 heavy (non-hydrogen) atoms. The van der Waals surface area contributed by atoms with E-state index in [2.05, 4.69) is 350 Å². The first-order valence-corrected chi connectivity index (χ1v) is 34.5. The Labute approximate surface area is 573 Å². The molecule has 17 aromatic rings. The molecule has 0 saturated carbocycles. The molecule has 0 N–H and O–H groups in total. The van der Waals surface area contributed by atoms with E-state index >= 15 is 0 Å². The fourth-order valence-corrected chi connectivity index (χ4v) is 15.4. The van der Waals surface area contributed by atoms with Crippen LogP contribution in [0.25, 0.3) is 155 Å². The summed E-state index contributed by atoms with van der Waals surface area (Å²) in [6.07, 6.45) is 3.93. The van der Waals surface area contributed by atoms with E-state index in [4.69, 9.17) is 15.0 Å². The summed E-state index contributed by atoms with van der Waals surface area (Å²) < 4.78 is 10.5. The second-order valence-corrected chi connectivity index (χ2v) is 30.9. The summed E-state index contributed by atoms with van der Waals surface area (Å²) in [4.78, 5) is 16.6. The zero-order chi connectivity index (χ0) is 67.3. The van der Waals surface area contributed by atoms with Crippen LogP contribution in [0.1, 0.15) is 105 Å². The lowest BCUT2D eigenvalue weighted by Crippen LogP contribution is -2.17. The Kier molecular flexibility index (Phi) is 13.7. The summed E-state index contributed by atoms with van der Waals surface area (Å²) >= 11 is 0. The first-order chi connectivity index (χ1) is 47.2. The predicted molar refractivity (Wildman–Crippen MR) is 414 cm³/mol. The van der Waals surface area contributed by atoms with Gasteiger partial charge in [0.1, 0.15) is 0 Å². The van der Waals surface area contributed by atoms with Gasteiger partial charge >= 0.3 is 0 Å². The topological polar surface area (TPSA) is 58.4 Å². The van der Waals surface area contributed by atoms with E-state index in [0.717, 1.165) is 128 Å². The monoisotopic (exact) mass is 1270 g/mol. The third kappa shape index (κ3) is 9.63. The Balaban J connectivity index is 1.25. The fourth-order valence-electron chi connectivity index (χ4n) is 15.4. The van der Waals surface area contributed by atoms with E-state index in [-0.39, 0.29) is 21.7 Å². The highest BCUT2D eigenvalue weighted by Gasteiger charge is 2.37. The maximum atomic E-state index is 6.09. The SMILES string of the molecule is CC(C)(C)c1ccc2c(c1)c1ccccc1n2-c1c(-c2ccncc2)c(-c2cc(-c3ccccc3)nc(-c3ccccc3)n2)c(-n2c3ccccc3c3cc(C(C)(C)C)ccc32)c(-n2c3ccccc3c3cc(C(C)(C)C)ccc32)c1-n1c2ccccc2c2cc(C(C)(C)C)ccc21. The fraction of sp³-hybridized carbons (Fsp3) is 0.176. The van der Waals surface area contributed by atoms with Crippen LogP contribution in [0, 0.1) is 0 Å². The average Bonchev–Trinajstić information content (AvgIpc) is 1.44. The molecule has 478 valence electrons. The van der Waals surface area contributed by atoms with Crippen molar-refractivity contribution in [3.8, 4) is 67.8 Å². The molecule has 0 radical (unpaired) electrons. The number of pyridine rings is 1. The van der Waals surface area contributed by atoms with E-state index in [1.807, 2.05) is 12.4 Å². The highest BCUT2D eigenvalue weighted by molar-refractivity contribution is 6.19. The summed E-state index contributed by atoms with van der Waals surface area (Å²) in [6, 6.07) is 93.1. The van der Waals surface area contributed by atoms with E-state index in [0.29, 0.717) is 5.82 Å². The van der Waals surface area contributed by atoms with E-state index in [9.17, 15) is 0 Å². The van der Waals surface area contributed by atoms with Gasteiger partial charge in [-0.25, -0.2) is 9.97 Å². The first-order valence-electron chi connectivity index (χ1n) is 34.5. The summed E-state index contributed by atoms with van der Waals surface area (Å²) in [7, 11) is 0. The Hall–Kier alpha value is -11.2. The molecule has 6 aromatic heterocycles. The van der Waals surface area contributed by atoms with E-state index < -0.39 is 0 Å². The molecule has 0 saturated heterocycles. The van der Waals surface area contributed by atoms with E-state index in [1.165, 1.54) is 43.8 Å². The van der Waals surface area contributed by atoms with Crippen LogP contribution in [0.15, 0.2) is 261 Å². The lowest BCUT2D eigenvalue weighted by atomic mass is 9.86. The lowest BCUT2D eigenvalue weighted by Gasteiger charge is -2.31. The molecule has 7 heteroatoms. The molecule has 0 aliphatic rings. The average molecular weight is 1270 g/mol. The zero-order valence-electron chi connectivity index (χ0n) is 58.0. The van der Waals surface area contributed by atoms with Gasteiger partial charge in [-0.1, -0.05) is 241 Å². The van der Waals surface area contributed by atoms with Gasteiger partial charge in [-0.15, -0.1) is 0 Å². The van der Waals surface area contributed by atoms with Gasteiger partial charge in [0.2, 0.25) is 0 Å². The second-order valence-electron chi connectivity index (χ2n) is 30.9. The summed E-state index contributed by atoms with van der Waals surface area (Å²) in [5.41, 5.74) is 23.4. The van der Waals surface area contributed by atoms with Gasteiger partial charge in [-0.2, -0.15) is 0 Å². The lowest BCUT2D eigenvalue weighted by molar-refractivity contribution is 0.591. The van der Waals surface area contributed by atoms with Gasteiger partial charge in [0.25, 0.3) is 0 Å². The smallest absolute Gasteiger partial charge is 0.160 e. The Morgan fingerprint density at radius 2 is 0.531 bits per heavy atom. The molecule has 6 heterocycles. The molecule has 0 unspecified atom stereocenters. The number of para-hydroxylation sites is 4. The van der Waals surface area contributed by atoms with Crippen molar-refractivity contribution in [2.75, 3.05) is 0 Å². The molecule has 0 amide bonds. The molecule has 0 atom stereocenters. The third-order valence-electron chi connectivity index (χ3n) is 20.5. The van der Waals surface area contributed by atoms with Gasteiger partial charge in [0.05, 0.1) is 78.3 Å². The highest BCUT2D eigenvalue weighted by atomic mass is 15.1. The van der Waals surface area contributed by atoms with Crippen molar-refractivity contribution in [3.63, 3.8) is 0 Å². The highest BCUT2D eigenvalue weighted by Crippen LogP contribution is 2.55. The molecule has 7 nitrogen and oxygen atoms in total. The van der Waals surface area contributed by atoms with Crippen molar-refractivity contribution in [1.29, 1.82) is 0 Å². The number of fused-ring (bicyclic) bond motifs is 12. The minimum Gasteiger partial charge on any atom is -0.306 e. The number of benzene rings is 11. The molecule has 0 aliphatic carbocycles. The van der Waals surface area contributed by atoms with Gasteiger partial charge in [0.15, 0.2) is 5.82 Å². The molecule has 0 fully saturated rings. The van der Waals surface area contributed by atoms with Gasteiger partial charge in [-0.3, -0.25) is 4.98 Å². The molecule has 11 aromatic carbocycles. The number of aromatic nitrogens is 7.